The Balaban J connectivity index is 2.32. The fourth-order valence-electron chi connectivity index (χ4n) is 1.55. The van der Waals surface area contributed by atoms with Gasteiger partial charge in [-0.15, -0.1) is 0 Å². The van der Waals surface area contributed by atoms with Gasteiger partial charge in [0.2, 0.25) is 0 Å². The van der Waals surface area contributed by atoms with Crippen LogP contribution in [-0.4, -0.2) is 23.4 Å². The molecule has 1 rings (SSSR count). The summed E-state index contributed by atoms with van der Waals surface area (Å²) >= 11 is 0. The molecule has 0 fully saturated rings. The first-order valence-corrected chi connectivity index (χ1v) is 7.30. The SMILES string of the molecule is CC([CH]CC(=O)NOC(=O)c1ccccc1)C(=O)OC(C)(C)C. The van der Waals surface area contributed by atoms with Crippen molar-refractivity contribution in [1.29, 1.82) is 0 Å². The highest BCUT2D eigenvalue weighted by atomic mass is 16.7. The lowest BCUT2D eigenvalue weighted by molar-refractivity contribution is -0.158. The summed E-state index contributed by atoms with van der Waals surface area (Å²) in [4.78, 5) is 39.7. The highest BCUT2D eigenvalue weighted by molar-refractivity contribution is 5.90. The lowest BCUT2D eigenvalue weighted by Crippen LogP contribution is -2.30. The normalized spacial score (nSPS) is 12.2. The third-order valence-electron chi connectivity index (χ3n) is 2.70. The second-order valence-corrected chi connectivity index (χ2v) is 6.04. The smallest absolute Gasteiger partial charge is 0.362 e. The number of hydroxylamine groups is 1. The summed E-state index contributed by atoms with van der Waals surface area (Å²) in [6.07, 6.45) is 1.43. The molecule has 1 aromatic carbocycles. The number of nitrogens with one attached hydrogen (secondary N) is 1. The van der Waals surface area contributed by atoms with Gasteiger partial charge in [-0.3, -0.25) is 9.59 Å². The second-order valence-electron chi connectivity index (χ2n) is 6.04. The van der Waals surface area contributed by atoms with Crippen molar-refractivity contribution in [2.24, 2.45) is 5.92 Å². The van der Waals surface area contributed by atoms with Crippen LogP contribution in [0.3, 0.4) is 0 Å². The zero-order chi connectivity index (χ0) is 17.5. The van der Waals surface area contributed by atoms with Gasteiger partial charge in [0.05, 0.1) is 11.5 Å². The number of ether oxygens (including phenoxy) is 1. The van der Waals surface area contributed by atoms with Crippen LogP contribution in [0.15, 0.2) is 30.3 Å². The van der Waals surface area contributed by atoms with E-state index in [2.05, 4.69) is 10.3 Å². The zero-order valence-corrected chi connectivity index (χ0v) is 13.8. The van der Waals surface area contributed by atoms with Crippen molar-refractivity contribution in [3.63, 3.8) is 0 Å². The Morgan fingerprint density at radius 3 is 2.35 bits per heavy atom. The van der Waals surface area contributed by atoms with Crippen LogP contribution in [0.4, 0.5) is 0 Å². The molecule has 0 spiro atoms. The number of amides is 1. The molecule has 125 valence electrons. The molecule has 1 N–H and O–H groups in total. The van der Waals surface area contributed by atoms with E-state index in [1.807, 2.05) is 0 Å². The van der Waals surface area contributed by atoms with Gasteiger partial charge in [-0.05, 0) is 39.3 Å². The van der Waals surface area contributed by atoms with E-state index in [9.17, 15) is 14.4 Å². The van der Waals surface area contributed by atoms with Crippen molar-refractivity contribution < 1.29 is 24.0 Å². The molecule has 6 heteroatoms. The highest BCUT2D eigenvalue weighted by Gasteiger charge is 2.22. The van der Waals surface area contributed by atoms with Gasteiger partial charge in [0, 0.05) is 6.42 Å². The molecule has 0 aromatic heterocycles. The maximum absolute atomic E-state index is 11.8. The largest absolute Gasteiger partial charge is 0.460 e. The van der Waals surface area contributed by atoms with Crippen molar-refractivity contribution in [2.45, 2.75) is 39.7 Å². The molecule has 0 bridgehead atoms. The summed E-state index contributed by atoms with van der Waals surface area (Å²) < 4.78 is 5.20. The summed E-state index contributed by atoms with van der Waals surface area (Å²) in [6.45, 7) is 6.95. The first-order valence-electron chi connectivity index (χ1n) is 7.30. The van der Waals surface area contributed by atoms with Crippen molar-refractivity contribution >= 4 is 17.8 Å². The van der Waals surface area contributed by atoms with E-state index >= 15 is 0 Å². The molecule has 1 aromatic rings. The quantitative estimate of drug-likeness (QED) is 0.665. The van der Waals surface area contributed by atoms with Crippen molar-refractivity contribution in [1.82, 2.24) is 5.48 Å². The Morgan fingerprint density at radius 1 is 1.17 bits per heavy atom. The average Bonchev–Trinajstić information content (AvgIpc) is 2.49. The van der Waals surface area contributed by atoms with E-state index in [0.29, 0.717) is 5.56 Å². The summed E-state index contributed by atoms with van der Waals surface area (Å²) in [5, 5.41) is 0. The van der Waals surface area contributed by atoms with Crippen LogP contribution in [0, 0.1) is 12.3 Å². The molecule has 0 saturated carbocycles. The van der Waals surface area contributed by atoms with E-state index in [-0.39, 0.29) is 6.42 Å². The average molecular weight is 320 g/mol. The van der Waals surface area contributed by atoms with Crippen molar-refractivity contribution in [3.05, 3.63) is 42.3 Å². The van der Waals surface area contributed by atoms with E-state index in [1.54, 1.807) is 58.0 Å². The van der Waals surface area contributed by atoms with Gasteiger partial charge in [0.25, 0.3) is 5.91 Å². The third-order valence-corrected chi connectivity index (χ3v) is 2.70. The minimum absolute atomic E-state index is 0.0670. The van der Waals surface area contributed by atoms with E-state index in [4.69, 9.17) is 4.74 Å². The van der Waals surface area contributed by atoms with E-state index in [1.165, 1.54) is 6.42 Å². The third kappa shape index (κ3) is 7.44. The number of carbonyl (C=O) groups is 3. The summed E-state index contributed by atoms with van der Waals surface area (Å²) in [6, 6.07) is 8.29. The second kappa shape index (κ2) is 8.31. The number of benzene rings is 1. The first-order chi connectivity index (χ1) is 10.7. The molecule has 1 amide bonds. The molecule has 6 nitrogen and oxygen atoms in total. The molecule has 1 unspecified atom stereocenters. The molecule has 0 saturated heterocycles. The number of hydrogen-bond donors (Lipinski definition) is 1. The van der Waals surface area contributed by atoms with Crippen LogP contribution < -0.4 is 5.48 Å². The highest BCUT2D eigenvalue weighted by Crippen LogP contribution is 2.14. The molecule has 23 heavy (non-hydrogen) atoms. The number of rotatable bonds is 5. The van der Waals surface area contributed by atoms with E-state index < -0.39 is 29.4 Å². The minimum Gasteiger partial charge on any atom is -0.460 e. The molecule has 0 heterocycles. The van der Waals surface area contributed by atoms with Gasteiger partial charge in [0.1, 0.15) is 5.60 Å². The Bertz CT molecular complexity index is 548. The molecule has 0 aliphatic rings. The maximum atomic E-state index is 11.8. The molecule has 1 atom stereocenters. The molecule has 0 aliphatic heterocycles. The predicted octanol–water partition coefficient (Wildman–Crippen LogP) is 2.45. The lowest BCUT2D eigenvalue weighted by Gasteiger charge is -2.22. The van der Waals surface area contributed by atoms with Crippen LogP contribution in [-0.2, 0) is 19.2 Å². The maximum Gasteiger partial charge on any atom is 0.362 e. The van der Waals surface area contributed by atoms with Crippen LogP contribution in [0.2, 0.25) is 0 Å². The Hall–Kier alpha value is -2.37. The first kappa shape index (κ1) is 18.7. The Kier molecular flexibility index (Phi) is 6.75. The lowest BCUT2D eigenvalue weighted by atomic mass is 10.1. The van der Waals surface area contributed by atoms with Gasteiger partial charge in [-0.25, -0.2) is 4.79 Å². The molecular weight excluding hydrogens is 298 g/mol. The fraction of sp³-hybridized carbons (Fsp3) is 0.412. The number of hydrogen-bond acceptors (Lipinski definition) is 5. The summed E-state index contributed by atoms with van der Waals surface area (Å²) in [5.41, 5.74) is 1.81. The molecular formula is C17H22NO5. The number of esters is 1. The minimum atomic E-state index is -0.654. The Labute approximate surface area is 136 Å². The van der Waals surface area contributed by atoms with Crippen LogP contribution >= 0.6 is 0 Å². The Morgan fingerprint density at radius 2 is 1.78 bits per heavy atom. The molecule has 1 radical (unpaired) electrons. The van der Waals surface area contributed by atoms with Crippen LogP contribution in [0.5, 0.6) is 0 Å². The van der Waals surface area contributed by atoms with Gasteiger partial charge in [-0.1, -0.05) is 25.1 Å². The van der Waals surface area contributed by atoms with Crippen molar-refractivity contribution in [2.75, 3.05) is 0 Å². The van der Waals surface area contributed by atoms with Crippen LogP contribution in [0.1, 0.15) is 44.5 Å². The fourth-order valence-corrected chi connectivity index (χ4v) is 1.55. The standard InChI is InChI=1S/C17H22NO5/c1-12(15(20)22-17(2,3)4)10-11-14(19)18-23-16(21)13-8-6-5-7-9-13/h5-10,12H,11H2,1-4H3,(H,18,19). The van der Waals surface area contributed by atoms with Gasteiger partial charge in [-0.2, -0.15) is 5.48 Å². The molecule has 0 aliphatic carbocycles. The summed E-state index contributed by atoms with van der Waals surface area (Å²) in [7, 11) is 0. The van der Waals surface area contributed by atoms with Crippen LogP contribution in [0.25, 0.3) is 0 Å². The van der Waals surface area contributed by atoms with Gasteiger partial charge >= 0.3 is 11.9 Å². The topological polar surface area (TPSA) is 81.7 Å². The predicted molar refractivity (Wildman–Crippen MR) is 83.9 cm³/mol. The van der Waals surface area contributed by atoms with Crippen molar-refractivity contribution in [3.8, 4) is 0 Å². The summed E-state index contributed by atoms with van der Waals surface area (Å²) in [5.74, 6) is -2.12. The van der Waals surface area contributed by atoms with Gasteiger partial charge < -0.3 is 9.57 Å². The number of carbonyl (C=O) groups excluding carboxylic acids is 3. The zero-order valence-electron chi connectivity index (χ0n) is 13.8. The monoisotopic (exact) mass is 320 g/mol. The van der Waals surface area contributed by atoms with E-state index in [0.717, 1.165) is 0 Å². The van der Waals surface area contributed by atoms with Gasteiger partial charge in [0.15, 0.2) is 0 Å².